The van der Waals surface area contributed by atoms with Crippen molar-refractivity contribution in [3.05, 3.63) is 82.8 Å². The summed E-state index contributed by atoms with van der Waals surface area (Å²) in [5.74, 6) is 1.11. The van der Waals surface area contributed by atoms with Crippen LogP contribution in [0.4, 0.5) is 10.3 Å². The zero-order valence-corrected chi connectivity index (χ0v) is 16.5. The first-order valence-corrected chi connectivity index (χ1v) is 10.6. The van der Waals surface area contributed by atoms with Crippen molar-refractivity contribution in [2.24, 2.45) is 0 Å². The average Bonchev–Trinajstić information content (AvgIpc) is 3.14. The number of carbonyl (C=O) groups is 1. The van der Waals surface area contributed by atoms with Gasteiger partial charge in [-0.1, -0.05) is 54.2 Å². The van der Waals surface area contributed by atoms with Gasteiger partial charge in [-0.05, 0) is 36.1 Å². The van der Waals surface area contributed by atoms with Gasteiger partial charge in [-0.15, -0.1) is 5.10 Å². The highest BCUT2D eigenvalue weighted by molar-refractivity contribution is 7.98. The van der Waals surface area contributed by atoms with Gasteiger partial charge in [-0.25, -0.2) is 9.07 Å². The lowest BCUT2D eigenvalue weighted by molar-refractivity contribution is -0.116. The second-order valence-electron chi connectivity index (χ2n) is 7.19. The second kappa shape index (κ2) is 7.48. The molecular weight excluding hydrogens is 387 g/mol. The molecule has 0 saturated carbocycles. The van der Waals surface area contributed by atoms with E-state index < -0.39 is 6.04 Å². The summed E-state index contributed by atoms with van der Waals surface area (Å²) in [6, 6.07) is 16.1. The fraction of sp³-hybridized carbons (Fsp3) is 0.227. The van der Waals surface area contributed by atoms with E-state index in [1.165, 1.54) is 17.7 Å². The van der Waals surface area contributed by atoms with Crippen LogP contribution in [0.25, 0.3) is 0 Å². The number of fused-ring (bicyclic) bond motifs is 1. The molecule has 0 spiro atoms. The highest BCUT2D eigenvalue weighted by atomic mass is 32.2. The Morgan fingerprint density at radius 3 is 2.83 bits per heavy atom. The lowest BCUT2D eigenvalue weighted by Crippen LogP contribution is -2.31. The van der Waals surface area contributed by atoms with Crippen LogP contribution in [0.5, 0.6) is 0 Å². The smallest absolute Gasteiger partial charge is 0.227 e. The molecule has 0 radical (unpaired) electrons. The fourth-order valence-electron chi connectivity index (χ4n) is 3.90. The topological polar surface area (TPSA) is 59.8 Å². The van der Waals surface area contributed by atoms with E-state index in [9.17, 15) is 9.18 Å². The van der Waals surface area contributed by atoms with Gasteiger partial charge >= 0.3 is 0 Å². The number of rotatable bonds is 4. The van der Waals surface area contributed by atoms with Gasteiger partial charge in [0, 0.05) is 23.4 Å². The Bertz CT molecular complexity index is 1110. The van der Waals surface area contributed by atoms with E-state index in [0.717, 1.165) is 24.3 Å². The number of nitrogens with zero attached hydrogens (tertiary/aromatic N) is 3. The maximum atomic E-state index is 14.0. The molecule has 0 unspecified atom stereocenters. The van der Waals surface area contributed by atoms with Crippen molar-refractivity contribution in [2.45, 2.75) is 36.2 Å². The normalized spacial score (nSPS) is 18.2. The number of aromatic nitrogens is 3. The first-order chi connectivity index (χ1) is 14.2. The number of allylic oxidation sites excluding steroid dienone is 2. The number of halogens is 1. The van der Waals surface area contributed by atoms with Crippen LogP contribution in [0, 0.1) is 5.82 Å². The van der Waals surface area contributed by atoms with Gasteiger partial charge in [-0.3, -0.25) is 4.79 Å². The Balaban J connectivity index is 1.53. The molecule has 0 fully saturated rings. The summed E-state index contributed by atoms with van der Waals surface area (Å²) in [5.41, 5.74) is 3.46. The van der Waals surface area contributed by atoms with Crippen molar-refractivity contribution in [2.75, 3.05) is 5.32 Å². The number of nitrogens with one attached hydrogen (secondary N) is 1. The zero-order valence-electron chi connectivity index (χ0n) is 15.6. The summed E-state index contributed by atoms with van der Waals surface area (Å²) < 4.78 is 15.7. The fourth-order valence-corrected chi connectivity index (χ4v) is 4.69. The van der Waals surface area contributed by atoms with Gasteiger partial charge in [0.2, 0.25) is 11.1 Å². The quantitative estimate of drug-likeness (QED) is 0.635. The predicted octanol–water partition coefficient (Wildman–Crippen LogP) is 4.73. The number of ketones is 1. The largest absolute Gasteiger partial charge is 0.328 e. The van der Waals surface area contributed by atoms with E-state index in [1.54, 1.807) is 22.5 Å². The Morgan fingerprint density at radius 1 is 1.14 bits per heavy atom. The van der Waals surface area contributed by atoms with Gasteiger partial charge in [0.1, 0.15) is 11.9 Å². The molecule has 1 N–H and O–H groups in total. The molecule has 1 aliphatic carbocycles. The lowest BCUT2D eigenvalue weighted by atomic mass is 9.85. The molecule has 0 saturated heterocycles. The van der Waals surface area contributed by atoms with Gasteiger partial charge in [0.25, 0.3) is 0 Å². The molecule has 2 aliphatic rings. The molecule has 29 heavy (non-hydrogen) atoms. The van der Waals surface area contributed by atoms with Crippen LogP contribution in [0.15, 0.2) is 71.0 Å². The molecule has 5 nitrogen and oxygen atoms in total. The molecule has 3 aromatic rings. The molecule has 0 bridgehead atoms. The highest BCUT2D eigenvalue weighted by Crippen LogP contribution is 2.40. The number of carbonyl (C=O) groups excluding carboxylic acids is 1. The number of Topliss-reactive ketones (excluding diaryl/α,β-unsaturated/α-hetero) is 1. The van der Waals surface area contributed by atoms with Gasteiger partial charge < -0.3 is 5.32 Å². The maximum Gasteiger partial charge on any atom is 0.227 e. The molecule has 146 valence electrons. The third kappa shape index (κ3) is 3.46. The van der Waals surface area contributed by atoms with Crippen LogP contribution in [0.1, 0.15) is 36.4 Å². The number of thioether (sulfide) groups is 1. The van der Waals surface area contributed by atoms with Gasteiger partial charge in [0.05, 0.1) is 0 Å². The van der Waals surface area contributed by atoms with E-state index in [-0.39, 0.29) is 11.6 Å². The van der Waals surface area contributed by atoms with Crippen molar-refractivity contribution in [3.8, 4) is 0 Å². The number of hydrogen-bond acceptors (Lipinski definition) is 5. The Labute approximate surface area is 172 Å². The summed E-state index contributed by atoms with van der Waals surface area (Å²) in [7, 11) is 0. The monoisotopic (exact) mass is 406 g/mol. The van der Waals surface area contributed by atoms with E-state index in [2.05, 4.69) is 27.5 Å². The average molecular weight is 406 g/mol. The standard InChI is InChI=1S/C22H19FN4OS/c23-16-9-4-8-15(12-16)20-19-17(10-5-11-18(19)28)24-21-25-22(26-27(20)21)29-13-14-6-2-1-3-7-14/h1-4,6-9,12,20H,5,10-11,13H2,(H,24,25,26)/t20-/m1/s1. The molecule has 1 aliphatic heterocycles. The van der Waals surface area contributed by atoms with E-state index in [4.69, 9.17) is 0 Å². The molecule has 2 aromatic carbocycles. The minimum atomic E-state index is -0.455. The summed E-state index contributed by atoms with van der Waals surface area (Å²) in [6.07, 6.45) is 2.10. The molecule has 7 heteroatoms. The van der Waals surface area contributed by atoms with Gasteiger partial charge in [0.15, 0.2) is 5.78 Å². The lowest BCUT2D eigenvalue weighted by Gasteiger charge is -2.32. The summed E-state index contributed by atoms with van der Waals surface area (Å²) in [6.45, 7) is 0. The predicted molar refractivity (Wildman–Crippen MR) is 110 cm³/mol. The molecule has 1 aromatic heterocycles. The van der Waals surface area contributed by atoms with E-state index in [1.807, 2.05) is 24.3 Å². The van der Waals surface area contributed by atoms with Crippen LogP contribution >= 0.6 is 11.8 Å². The summed E-state index contributed by atoms with van der Waals surface area (Å²) in [5, 5.41) is 8.61. The number of hydrogen-bond donors (Lipinski definition) is 1. The molecule has 0 amide bonds. The maximum absolute atomic E-state index is 14.0. The summed E-state index contributed by atoms with van der Waals surface area (Å²) >= 11 is 1.54. The third-order valence-electron chi connectivity index (χ3n) is 5.22. The van der Waals surface area contributed by atoms with Crippen molar-refractivity contribution in [1.82, 2.24) is 14.8 Å². The van der Waals surface area contributed by atoms with Crippen LogP contribution < -0.4 is 5.32 Å². The first kappa shape index (κ1) is 18.1. The van der Waals surface area contributed by atoms with Crippen LogP contribution in [0.2, 0.25) is 0 Å². The molecule has 5 rings (SSSR count). The molecular formula is C22H19FN4OS. The SMILES string of the molecule is O=C1CCCC2=C1[C@@H](c1cccc(F)c1)n1nc(SCc3ccccc3)nc1N2. The number of benzene rings is 2. The molecule has 2 heterocycles. The molecule has 1 atom stereocenters. The highest BCUT2D eigenvalue weighted by Gasteiger charge is 2.36. The van der Waals surface area contributed by atoms with Crippen molar-refractivity contribution >= 4 is 23.5 Å². The first-order valence-electron chi connectivity index (χ1n) is 9.61. The van der Waals surface area contributed by atoms with Crippen LogP contribution in [-0.2, 0) is 10.5 Å². The Kier molecular flexibility index (Phi) is 4.67. The van der Waals surface area contributed by atoms with Crippen LogP contribution in [-0.4, -0.2) is 20.5 Å². The van der Waals surface area contributed by atoms with Gasteiger partial charge in [-0.2, -0.15) is 4.98 Å². The van der Waals surface area contributed by atoms with E-state index in [0.29, 0.717) is 28.7 Å². The second-order valence-corrected chi connectivity index (χ2v) is 8.13. The Hall–Kier alpha value is -2.93. The van der Waals surface area contributed by atoms with Crippen molar-refractivity contribution < 1.29 is 9.18 Å². The minimum Gasteiger partial charge on any atom is -0.328 e. The number of anilines is 1. The van der Waals surface area contributed by atoms with Crippen molar-refractivity contribution in [1.29, 1.82) is 0 Å². The zero-order chi connectivity index (χ0) is 19.8. The van der Waals surface area contributed by atoms with Crippen molar-refractivity contribution in [3.63, 3.8) is 0 Å². The summed E-state index contributed by atoms with van der Waals surface area (Å²) in [4.78, 5) is 17.4. The third-order valence-corrected chi connectivity index (χ3v) is 6.13. The Morgan fingerprint density at radius 2 is 2.00 bits per heavy atom. The van der Waals surface area contributed by atoms with E-state index >= 15 is 0 Å². The minimum absolute atomic E-state index is 0.0904. The van der Waals surface area contributed by atoms with Crippen LogP contribution in [0.3, 0.4) is 0 Å².